The Morgan fingerprint density at radius 3 is 2.94 bits per heavy atom. The van der Waals surface area contributed by atoms with Gasteiger partial charge in [-0.25, -0.2) is 0 Å². The van der Waals surface area contributed by atoms with E-state index < -0.39 is 0 Å². The van der Waals surface area contributed by atoms with Gasteiger partial charge in [-0.2, -0.15) is 0 Å². The molecule has 2 rings (SSSR count). The van der Waals surface area contributed by atoms with E-state index in [1.165, 1.54) is 0 Å². The lowest BCUT2D eigenvalue weighted by atomic mass is 10.0. The zero-order chi connectivity index (χ0) is 11.4. The summed E-state index contributed by atoms with van der Waals surface area (Å²) >= 11 is 0. The summed E-state index contributed by atoms with van der Waals surface area (Å²) in [7, 11) is 1.91. The number of nitrogens with zero attached hydrogens (tertiary/aromatic N) is 2. The van der Waals surface area contributed by atoms with Crippen LogP contribution in [0.15, 0.2) is 35.3 Å². The maximum atomic E-state index is 5.43. The van der Waals surface area contributed by atoms with Gasteiger partial charge in [0.05, 0.1) is 24.2 Å². The summed E-state index contributed by atoms with van der Waals surface area (Å²) in [5.41, 5.74) is 2.03. The Balaban J connectivity index is 2.37. The van der Waals surface area contributed by atoms with Gasteiger partial charge in [0.2, 0.25) is 0 Å². The zero-order valence-corrected chi connectivity index (χ0v) is 9.47. The highest BCUT2D eigenvalue weighted by Crippen LogP contribution is 2.24. The molecule has 4 nitrogen and oxygen atoms in total. The molecular formula is C12H15N3O. The van der Waals surface area contributed by atoms with Crippen LogP contribution in [0.4, 0.5) is 0 Å². The largest absolute Gasteiger partial charge is 0.469 e. The second kappa shape index (κ2) is 4.90. The topological polar surface area (TPSA) is 51.0 Å². The quantitative estimate of drug-likeness (QED) is 0.850. The Kier molecular flexibility index (Phi) is 3.31. The molecule has 1 N–H and O–H groups in total. The predicted molar refractivity (Wildman–Crippen MR) is 61.0 cm³/mol. The molecule has 0 amide bonds. The van der Waals surface area contributed by atoms with Gasteiger partial charge in [-0.1, -0.05) is 6.92 Å². The molecule has 0 fully saturated rings. The van der Waals surface area contributed by atoms with Crippen LogP contribution in [0.5, 0.6) is 0 Å². The van der Waals surface area contributed by atoms with Crippen molar-refractivity contribution < 1.29 is 4.42 Å². The maximum Gasteiger partial charge on any atom is 0.108 e. The van der Waals surface area contributed by atoms with E-state index in [0.717, 1.165) is 23.4 Å². The molecule has 2 aromatic rings. The lowest BCUT2D eigenvalue weighted by Gasteiger charge is -2.14. The molecule has 16 heavy (non-hydrogen) atoms. The first-order valence-corrected chi connectivity index (χ1v) is 5.36. The van der Waals surface area contributed by atoms with Gasteiger partial charge in [0, 0.05) is 24.4 Å². The molecule has 0 saturated heterocycles. The zero-order valence-electron chi connectivity index (χ0n) is 9.47. The van der Waals surface area contributed by atoms with Crippen molar-refractivity contribution in [1.82, 2.24) is 15.3 Å². The first-order valence-electron chi connectivity index (χ1n) is 5.36. The Hall–Kier alpha value is -1.68. The minimum atomic E-state index is 0.0439. The van der Waals surface area contributed by atoms with Crippen molar-refractivity contribution in [3.8, 4) is 0 Å². The molecule has 0 aliphatic carbocycles. The number of hydrogen-bond acceptors (Lipinski definition) is 4. The van der Waals surface area contributed by atoms with Crippen LogP contribution in [-0.4, -0.2) is 17.0 Å². The second-order valence-electron chi connectivity index (χ2n) is 3.50. The number of nitrogens with one attached hydrogen (secondary N) is 1. The number of rotatable bonds is 4. The number of aromatic nitrogens is 2. The standard InChI is InChI=1S/C12H15N3O/c1-3-11-9(4-7-16-11)12(13-2)10-8-14-5-6-15-10/h4-8,12-13H,3H2,1-2H3. The Morgan fingerprint density at radius 2 is 2.31 bits per heavy atom. The minimum Gasteiger partial charge on any atom is -0.469 e. The van der Waals surface area contributed by atoms with E-state index in [2.05, 4.69) is 22.2 Å². The third-order valence-corrected chi connectivity index (χ3v) is 2.58. The fourth-order valence-electron chi connectivity index (χ4n) is 1.82. The van der Waals surface area contributed by atoms with E-state index in [1.54, 1.807) is 24.9 Å². The Labute approximate surface area is 94.7 Å². The van der Waals surface area contributed by atoms with Gasteiger partial charge in [0.15, 0.2) is 0 Å². The van der Waals surface area contributed by atoms with Crippen molar-refractivity contribution in [2.75, 3.05) is 7.05 Å². The predicted octanol–water partition coefficient (Wildman–Crippen LogP) is 1.94. The Morgan fingerprint density at radius 1 is 1.44 bits per heavy atom. The lowest BCUT2D eigenvalue weighted by molar-refractivity contribution is 0.503. The van der Waals surface area contributed by atoms with Crippen LogP contribution in [-0.2, 0) is 6.42 Å². The summed E-state index contributed by atoms with van der Waals surface area (Å²) in [6.45, 7) is 2.08. The molecule has 0 radical (unpaired) electrons. The van der Waals surface area contributed by atoms with Crippen LogP contribution in [0.2, 0.25) is 0 Å². The number of furan rings is 1. The molecule has 0 aliphatic rings. The summed E-state index contributed by atoms with van der Waals surface area (Å²) in [6, 6.07) is 2.02. The van der Waals surface area contributed by atoms with Gasteiger partial charge in [-0.15, -0.1) is 0 Å². The second-order valence-corrected chi connectivity index (χ2v) is 3.50. The van der Waals surface area contributed by atoms with E-state index >= 15 is 0 Å². The number of aryl methyl sites for hydroxylation is 1. The normalized spacial score (nSPS) is 12.6. The smallest absolute Gasteiger partial charge is 0.108 e. The Bertz CT molecular complexity index is 439. The molecule has 0 bridgehead atoms. The summed E-state index contributed by atoms with van der Waals surface area (Å²) in [4.78, 5) is 8.40. The van der Waals surface area contributed by atoms with E-state index in [-0.39, 0.29) is 6.04 Å². The average Bonchev–Trinajstić information content (AvgIpc) is 2.80. The first kappa shape index (κ1) is 10.8. The fourth-order valence-corrected chi connectivity index (χ4v) is 1.82. The van der Waals surface area contributed by atoms with Crippen molar-refractivity contribution in [2.45, 2.75) is 19.4 Å². The summed E-state index contributed by atoms with van der Waals surface area (Å²) < 4.78 is 5.43. The molecular weight excluding hydrogens is 202 g/mol. The molecule has 0 saturated carbocycles. The summed E-state index contributed by atoms with van der Waals surface area (Å²) in [5, 5.41) is 3.23. The van der Waals surface area contributed by atoms with Gasteiger partial charge in [0.1, 0.15) is 5.76 Å². The van der Waals surface area contributed by atoms with Crippen molar-refractivity contribution >= 4 is 0 Å². The SMILES string of the molecule is CCc1occc1C(NC)c1cnccn1. The number of hydrogen-bond donors (Lipinski definition) is 1. The molecule has 1 atom stereocenters. The van der Waals surface area contributed by atoms with E-state index in [4.69, 9.17) is 4.42 Å². The minimum absolute atomic E-state index is 0.0439. The van der Waals surface area contributed by atoms with E-state index in [0.29, 0.717) is 0 Å². The molecule has 0 aliphatic heterocycles. The van der Waals surface area contributed by atoms with Crippen molar-refractivity contribution in [3.05, 3.63) is 47.9 Å². The highest BCUT2D eigenvalue weighted by molar-refractivity contribution is 5.28. The van der Waals surface area contributed by atoms with Crippen molar-refractivity contribution in [1.29, 1.82) is 0 Å². The molecule has 2 heterocycles. The molecule has 84 valence electrons. The van der Waals surface area contributed by atoms with Gasteiger partial charge in [0.25, 0.3) is 0 Å². The van der Waals surface area contributed by atoms with E-state index in [9.17, 15) is 0 Å². The third-order valence-electron chi connectivity index (χ3n) is 2.58. The van der Waals surface area contributed by atoms with Gasteiger partial charge in [-0.3, -0.25) is 9.97 Å². The summed E-state index contributed by atoms with van der Waals surface area (Å²) in [5.74, 6) is 0.991. The first-order chi connectivity index (χ1) is 7.86. The highest BCUT2D eigenvalue weighted by atomic mass is 16.3. The average molecular weight is 217 g/mol. The molecule has 0 spiro atoms. The van der Waals surface area contributed by atoms with Gasteiger partial charge < -0.3 is 9.73 Å². The molecule has 4 heteroatoms. The monoisotopic (exact) mass is 217 g/mol. The van der Waals surface area contributed by atoms with Crippen molar-refractivity contribution in [2.24, 2.45) is 0 Å². The van der Waals surface area contributed by atoms with Gasteiger partial charge in [-0.05, 0) is 13.1 Å². The van der Waals surface area contributed by atoms with Crippen LogP contribution in [0.1, 0.15) is 30.0 Å². The van der Waals surface area contributed by atoms with Crippen LogP contribution in [0.3, 0.4) is 0 Å². The van der Waals surface area contributed by atoms with Crippen LogP contribution < -0.4 is 5.32 Å². The van der Waals surface area contributed by atoms with Crippen LogP contribution >= 0.6 is 0 Å². The van der Waals surface area contributed by atoms with E-state index in [1.807, 2.05) is 13.1 Å². The van der Waals surface area contributed by atoms with Gasteiger partial charge >= 0.3 is 0 Å². The third kappa shape index (κ3) is 1.97. The van der Waals surface area contributed by atoms with Crippen LogP contribution in [0, 0.1) is 0 Å². The molecule has 2 aromatic heterocycles. The maximum absolute atomic E-state index is 5.43. The summed E-state index contributed by atoms with van der Waals surface area (Å²) in [6.07, 6.45) is 7.74. The molecule has 0 aromatic carbocycles. The molecule has 1 unspecified atom stereocenters. The lowest BCUT2D eigenvalue weighted by Crippen LogP contribution is -2.19. The fraction of sp³-hybridized carbons (Fsp3) is 0.333. The highest BCUT2D eigenvalue weighted by Gasteiger charge is 2.18. The van der Waals surface area contributed by atoms with Crippen LogP contribution in [0.25, 0.3) is 0 Å². The van der Waals surface area contributed by atoms with Crippen molar-refractivity contribution in [3.63, 3.8) is 0 Å².